The van der Waals surface area contributed by atoms with Crippen LogP contribution in [0.25, 0.3) is 11.0 Å². The molecule has 138 valence electrons. The Balaban J connectivity index is 2.02. The molecule has 3 rings (SSSR count). The molecule has 0 spiro atoms. The van der Waals surface area contributed by atoms with Gasteiger partial charge in [0.2, 0.25) is 5.95 Å². The van der Waals surface area contributed by atoms with Crippen molar-refractivity contribution < 1.29 is 0 Å². The highest BCUT2D eigenvalue weighted by atomic mass is 79.9. The molecule has 2 aromatic carbocycles. The molecule has 1 N–H and O–H groups in total. The van der Waals surface area contributed by atoms with E-state index >= 15 is 0 Å². The maximum absolute atomic E-state index is 4.87. The number of benzene rings is 2. The number of imidazole rings is 1. The molecule has 8 heteroatoms. The summed E-state index contributed by atoms with van der Waals surface area (Å²) in [5, 5.41) is 0. The topological polar surface area (TPSA) is 35.2 Å². The second-order valence-corrected chi connectivity index (χ2v) is 9.42. The molecule has 1 heterocycles. The summed E-state index contributed by atoms with van der Waals surface area (Å²) in [6.45, 7) is 2.62. The Labute approximate surface area is 186 Å². The predicted octanol–water partition coefficient (Wildman–Crippen LogP) is 6.18. The van der Waals surface area contributed by atoms with Crippen LogP contribution in [-0.4, -0.2) is 42.1 Å². The van der Waals surface area contributed by atoms with Crippen LogP contribution >= 0.6 is 63.7 Å². The number of likely N-dealkylation sites (N-methyl/N-ethyl adjacent to an activating group) is 1. The molecule has 3 aromatic rings. The number of aromatic amines is 1. The molecule has 0 aliphatic rings. The first kappa shape index (κ1) is 20.3. The summed E-state index contributed by atoms with van der Waals surface area (Å²) in [5.74, 6) is 0.858. The van der Waals surface area contributed by atoms with E-state index in [1.54, 1.807) is 0 Å². The van der Waals surface area contributed by atoms with E-state index in [-0.39, 0.29) is 0 Å². The smallest absolute Gasteiger partial charge is 0.204 e. The van der Waals surface area contributed by atoms with Gasteiger partial charge in [0.25, 0.3) is 0 Å². The summed E-state index contributed by atoms with van der Waals surface area (Å²) in [6, 6.07) is 10.5. The number of anilines is 1. The SMILES string of the molecule is CN(C)CCN(Cc1ccccc1)c1nc2c(Br)c(Br)c(Br)c(Br)c2[nH]1. The summed E-state index contributed by atoms with van der Waals surface area (Å²) in [4.78, 5) is 12.8. The van der Waals surface area contributed by atoms with Crippen LogP contribution in [0.4, 0.5) is 5.95 Å². The van der Waals surface area contributed by atoms with E-state index in [0.29, 0.717) is 0 Å². The second kappa shape index (κ2) is 8.73. The number of hydrogen-bond acceptors (Lipinski definition) is 3. The molecule has 0 unspecified atom stereocenters. The zero-order chi connectivity index (χ0) is 18.8. The van der Waals surface area contributed by atoms with Crippen LogP contribution in [0.3, 0.4) is 0 Å². The van der Waals surface area contributed by atoms with Crippen molar-refractivity contribution in [2.75, 3.05) is 32.1 Å². The number of fused-ring (bicyclic) bond motifs is 1. The number of halogens is 4. The van der Waals surface area contributed by atoms with Gasteiger partial charge in [-0.1, -0.05) is 30.3 Å². The molecule has 0 saturated carbocycles. The zero-order valence-corrected chi connectivity index (χ0v) is 20.7. The van der Waals surface area contributed by atoms with Crippen molar-refractivity contribution in [3.63, 3.8) is 0 Å². The van der Waals surface area contributed by atoms with Crippen LogP contribution in [0.5, 0.6) is 0 Å². The molecule has 0 radical (unpaired) electrons. The number of aromatic nitrogens is 2. The van der Waals surface area contributed by atoms with Crippen LogP contribution in [0.1, 0.15) is 5.56 Å². The van der Waals surface area contributed by atoms with E-state index in [1.165, 1.54) is 5.56 Å². The van der Waals surface area contributed by atoms with Gasteiger partial charge in [0.05, 0.1) is 14.5 Å². The van der Waals surface area contributed by atoms with Crippen molar-refractivity contribution >= 4 is 80.7 Å². The van der Waals surface area contributed by atoms with E-state index in [2.05, 4.69) is 117 Å². The fraction of sp³-hybridized carbons (Fsp3) is 0.278. The Kier molecular flexibility index (Phi) is 6.83. The molecular weight excluding hydrogens is 592 g/mol. The normalized spacial score (nSPS) is 11.5. The van der Waals surface area contributed by atoms with Gasteiger partial charge >= 0.3 is 0 Å². The summed E-state index contributed by atoms with van der Waals surface area (Å²) < 4.78 is 3.78. The van der Waals surface area contributed by atoms with Gasteiger partial charge in [0.15, 0.2) is 0 Å². The average Bonchev–Trinajstić information content (AvgIpc) is 3.08. The standard InChI is InChI=1S/C18H18Br4N4/c1-25(2)8-9-26(10-11-6-4-3-5-7-11)18-23-16-14(21)12(19)13(20)15(22)17(16)24-18/h3-7H,8-10H2,1-2H3,(H,23,24). The maximum atomic E-state index is 4.87. The van der Waals surface area contributed by atoms with Crippen molar-refractivity contribution in [3.05, 3.63) is 53.8 Å². The van der Waals surface area contributed by atoms with Gasteiger partial charge in [-0.15, -0.1) is 0 Å². The van der Waals surface area contributed by atoms with Gasteiger partial charge in [-0.05, 0) is 83.4 Å². The monoisotopic (exact) mass is 606 g/mol. The summed E-state index contributed by atoms with van der Waals surface area (Å²) in [6.07, 6.45) is 0. The van der Waals surface area contributed by atoms with Crippen molar-refractivity contribution in [2.45, 2.75) is 6.54 Å². The fourth-order valence-electron chi connectivity index (χ4n) is 2.62. The summed E-state index contributed by atoms with van der Waals surface area (Å²) in [7, 11) is 4.17. The number of H-pyrrole nitrogens is 1. The molecule has 26 heavy (non-hydrogen) atoms. The van der Waals surface area contributed by atoms with Crippen LogP contribution in [-0.2, 0) is 6.54 Å². The Bertz CT molecular complexity index is 864. The second-order valence-electron chi connectivity index (χ2n) is 6.25. The third-order valence-corrected chi connectivity index (χ3v) is 8.78. The third kappa shape index (κ3) is 4.35. The van der Waals surface area contributed by atoms with E-state index in [4.69, 9.17) is 4.98 Å². The highest BCUT2D eigenvalue weighted by molar-refractivity contribution is 9.15. The van der Waals surface area contributed by atoms with Crippen LogP contribution in [0.15, 0.2) is 48.2 Å². The number of nitrogens with one attached hydrogen (secondary N) is 1. The van der Waals surface area contributed by atoms with Gasteiger partial charge in [0, 0.05) is 28.6 Å². The number of rotatable bonds is 6. The minimum Gasteiger partial charge on any atom is -0.337 e. The van der Waals surface area contributed by atoms with Gasteiger partial charge in [-0.3, -0.25) is 0 Å². The molecular formula is C18H18Br4N4. The van der Waals surface area contributed by atoms with E-state index in [9.17, 15) is 0 Å². The van der Waals surface area contributed by atoms with Gasteiger partial charge in [-0.25, -0.2) is 4.98 Å². The maximum Gasteiger partial charge on any atom is 0.204 e. The molecule has 0 bridgehead atoms. The summed E-state index contributed by atoms with van der Waals surface area (Å²) >= 11 is 14.5. The highest BCUT2D eigenvalue weighted by Crippen LogP contribution is 2.43. The molecule has 0 saturated heterocycles. The lowest BCUT2D eigenvalue weighted by Crippen LogP contribution is -2.32. The molecule has 0 atom stereocenters. The van der Waals surface area contributed by atoms with Crippen molar-refractivity contribution in [1.29, 1.82) is 0 Å². The first-order valence-electron chi connectivity index (χ1n) is 8.03. The molecule has 0 fully saturated rings. The Morgan fingerprint density at radius 2 is 1.54 bits per heavy atom. The Morgan fingerprint density at radius 1 is 0.885 bits per heavy atom. The third-order valence-electron chi connectivity index (χ3n) is 4.03. The zero-order valence-electron chi connectivity index (χ0n) is 14.4. The number of hydrogen-bond donors (Lipinski definition) is 1. The lowest BCUT2D eigenvalue weighted by molar-refractivity contribution is 0.411. The largest absolute Gasteiger partial charge is 0.337 e. The molecule has 4 nitrogen and oxygen atoms in total. The van der Waals surface area contributed by atoms with Crippen molar-refractivity contribution in [2.24, 2.45) is 0 Å². The first-order chi connectivity index (χ1) is 12.4. The Morgan fingerprint density at radius 3 is 2.19 bits per heavy atom. The first-order valence-corrected chi connectivity index (χ1v) is 11.2. The highest BCUT2D eigenvalue weighted by Gasteiger charge is 2.20. The van der Waals surface area contributed by atoms with Crippen molar-refractivity contribution in [1.82, 2.24) is 14.9 Å². The van der Waals surface area contributed by atoms with Crippen LogP contribution in [0, 0.1) is 0 Å². The minimum absolute atomic E-state index is 0.798. The Hall–Kier alpha value is -0.410. The van der Waals surface area contributed by atoms with Gasteiger partial charge in [-0.2, -0.15) is 0 Å². The van der Waals surface area contributed by atoms with Crippen LogP contribution < -0.4 is 4.90 Å². The quantitative estimate of drug-likeness (QED) is 0.268. The molecule has 0 aliphatic heterocycles. The van der Waals surface area contributed by atoms with Gasteiger partial charge in [0.1, 0.15) is 5.52 Å². The van der Waals surface area contributed by atoms with E-state index < -0.39 is 0 Å². The fourth-order valence-corrected chi connectivity index (χ4v) is 4.90. The average molecular weight is 610 g/mol. The lowest BCUT2D eigenvalue weighted by Gasteiger charge is -2.24. The van der Waals surface area contributed by atoms with E-state index in [1.807, 2.05) is 6.07 Å². The number of nitrogens with zero attached hydrogens (tertiary/aromatic N) is 3. The molecule has 1 aromatic heterocycles. The molecule has 0 amide bonds. The predicted molar refractivity (Wildman–Crippen MR) is 123 cm³/mol. The minimum atomic E-state index is 0.798. The molecule has 0 aliphatic carbocycles. The van der Waals surface area contributed by atoms with Crippen LogP contribution in [0.2, 0.25) is 0 Å². The van der Waals surface area contributed by atoms with Crippen molar-refractivity contribution in [3.8, 4) is 0 Å². The lowest BCUT2D eigenvalue weighted by atomic mass is 10.2. The summed E-state index contributed by atoms with van der Waals surface area (Å²) in [5.41, 5.74) is 3.11. The van der Waals surface area contributed by atoms with Gasteiger partial charge < -0.3 is 14.8 Å². The van der Waals surface area contributed by atoms with E-state index in [0.717, 1.165) is 54.5 Å².